The Morgan fingerprint density at radius 3 is 2.62 bits per heavy atom. The van der Waals surface area contributed by atoms with E-state index in [-0.39, 0.29) is 15.9 Å². The van der Waals surface area contributed by atoms with E-state index >= 15 is 0 Å². The van der Waals surface area contributed by atoms with Crippen molar-refractivity contribution < 1.29 is 32.5 Å². The Balaban J connectivity index is 2.29. The van der Waals surface area contributed by atoms with Crippen LogP contribution in [0.3, 0.4) is 0 Å². The van der Waals surface area contributed by atoms with Crippen LogP contribution >= 0.6 is 31.0 Å². The molecule has 1 aromatic carbocycles. The lowest BCUT2D eigenvalue weighted by Gasteiger charge is -2.10. The Bertz CT molecular complexity index is 841. The standard InChI is InChI=1S/C11H8Cl2F2N3O5P/c12-8-9(18(17-10(8)13)4-23-24(20,21)22)11(19)16-7-2-1-5(14)3-6(7)15/h1-3H,4H2,(H,16,19)(H2,20,21,22). The quantitative estimate of drug-likeness (QED) is 0.663. The summed E-state index contributed by atoms with van der Waals surface area (Å²) in [5.41, 5.74) is -0.781. The fourth-order valence-electron chi connectivity index (χ4n) is 1.62. The number of nitrogens with one attached hydrogen (secondary N) is 1. The van der Waals surface area contributed by atoms with Gasteiger partial charge < -0.3 is 15.1 Å². The van der Waals surface area contributed by atoms with Crippen LogP contribution in [0, 0.1) is 11.6 Å². The van der Waals surface area contributed by atoms with E-state index in [4.69, 9.17) is 33.0 Å². The summed E-state index contributed by atoms with van der Waals surface area (Å²) in [6.45, 7) is -0.842. The van der Waals surface area contributed by atoms with Gasteiger partial charge in [0, 0.05) is 6.07 Å². The van der Waals surface area contributed by atoms with E-state index in [0.29, 0.717) is 10.7 Å². The molecule has 1 aromatic heterocycles. The average molecular weight is 402 g/mol. The van der Waals surface area contributed by atoms with Gasteiger partial charge in [0.15, 0.2) is 11.9 Å². The molecule has 0 aliphatic rings. The lowest BCUT2D eigenvalue weighted by atomic mass is 10.3. The van der Waals surface area contributed by atoms with Crippen molar-refractivity contribution in [3.05, 3.63) is 45.7 Å². The minimum atomic E-state index is -4.85. The molecule has 0 radical (unpaired) electrons. The summed E-state index contributed by atoms with van der Waals surface area (Å²) in [7, 11) is -4.85. The molecule has 8 nitrogen and oxygen atoms in total. The highest BCUT2D eigenvalue weighted by Crippen LogP contribution is 2.37. The van der Waals surface area contributed by atoms with E-state index in [1.165, 1.54) is 0 Å². The highest BCUT2D eigenvalue weighted by Gasteiger charge is 2.24. The molecular formula is C11H8Cl2F2N3O5P. The lowest BCUT2D eigenvalue weighted by molar-refractivity contribution is 0.0987. The van der Waals surface area contributed by atoms with E-state index in [9.17, 15) is 18.1 Å². The molecule has 0 saturated heterocycles. The average Bonchev–Trinajstić information content (AvgIpc) is 2.74. The predicted molar refractivity (Wildman–Crippen MR) is 79.7 cm³/mol. The highest BCUT2D eigenvalue weighted by atomic mass is 35.5. The van der Waals surface area contributed by atoms with Gasteiger partial charge in [0.2, 0.25) is 0 Å². The van der Waals surface area contributed by atoms with Crippen LogP contribution in [0.2, 0.25) is 10.2 Å². The first-order chi connectivity index (χ1) is 11.1. The van der Waals surface area contributed by atoms with Crippen molar-refractivity contribution in [1.82, 2.24) is 9.78 Å². The fraction of sp³-hybridized carbons (Fsp3) is 0.0909. The Kier molecular flexibility index (Phi) is 5.59. The zero-order valence-corrected chi connectivity index (χ0v) is 13.8. The van der Waals surface area contributed by atoms with E-state index in [1.807, 2.05) is 0 Å². The summed E-state index contributed by atoms with van der Waals surface area (Å²) in [6, 6.07) is 2.45. The van der Waals surface area contributed by atoms with Gasteiger partial charge in [0.25, 0.3) is 5.91 Å². The first-order valence-corrected chi connectivity index (χ1v) is 8.25. The number of rotatable bonds is 5. The van der Waals surface area contributed by atoms with Gasteiger partial charge >= 0.3 is 7.82 Å². The molecule has 1 heterocycles. The number of halogens is 4. The lowest BCUT2D eigenvalue weighted by Crippen LogP contribution is -2.19. The second-order valence-corrected chi connectivity index (χ2v) is 6.26. The van der Waals surface area contributed by atoms with Crippen LogP contribution in [0.1, 0.15) is 10.5 Å². The molecule has 3 N–H and O–H groups in total. The summed E-state index contributed by atoms with van der Waals surface area (Å²) in [4.78, 5) is 29.6. The number of nitrogens with zero attached hydrogens (tertiary/aromatic N) is 2. The van der Waals surface area contributed by atoms with Gasteiger partial charge in [-0.15, -0.1) is 0 Å². The van der Waals surface area contributed by atoms with Gasteiger partial charge in [0.1, 0.15) is 22.4 Å². The summed E-state index contributed by atoms with van der Waals surface area (Å²) in [5.74, 6) is -2.88. The van der Waals surface area contributed by atoms with Gasteiger partial charge in [0.05, 0.1) is 5.69 Å². The Morgan fingerprint density at radius 2 is 2.04 bits per heavy atom. The number of phosphoric acid groups is 1. The van der Waals surface area contributed by atoms with Crippen molar-refractivity contribution in [3.63, 3.8) is 0 Å². The van der Waals surface area contributed by atoms with Crippen LogP contribution < -0.4 is 5.32 Å². The number of aromatic nitrogens is 2. The van der Waals surface area contributed by atoms with Gasteiger partial charge in [-0.2, -0.15) is 5.10 Å². The zero-order valence-electron chi connectivity index (χ0n) is 11.4. The number of amides is 1. The smallest absolute Gasteiger partial charge is 0.318 e. The maximum atomic E-state index is 13.6. The third-order valence-corrected chi connectivity index (χ3v) is 3.77. The minimum Gasteiger partial charge on any atom is -0.318 e. The SMILES string of the molecule is O=C(Nc1ccc(F)cc1F)c1c(Cl)c(Cl)nn1COP(=O)(O)O. The Morgan fingerprint density at radius 1 is 1.38 bits per heavy atom. The third kappa shape index (κ3) is 4.50. The molecule has 0 aliphatic heterocycles. The van der Waals surface area contributed by atoms with Crippen molar-refractivity contribution in [3.8, 4) is 0 Å². The Labute approximate surface area is 143 Å². The molecule has 0 saturated carbocycles. The predicted octanol–water partition coefficient (Wildman–Crippen LogP) is 2.79. The number of carbonyl (C=O) groups is 1. The maximum Gasteiger partial charge on any atom is 0.471 e. The summed E-state index contributed by atoms with van der Waals surface area (Å²) in [5, 5.41) is 5.01. The first kappa shape index (κ1) is 18.8. The molecule has 0 atom stereocenters. The zero-order chi connectivity index (χ0) is 18.1. The second kappa shape index (κ2) is 7.14. The van der Waals surface area contributed by atoms with Crippen molar-refractivity contribution in [1.29, 1.82) is 0 Å². The first-order valence-electron chi connectivity index (χ1n) is 5.97. The monoisotopic (exact) mass is 401 g/mol. The van der Waals surface area contributed by atoms with Crippen LogP contribution in [0.15, 0.2) is 18.2 Å². The molecule has 0 spiro atoms. The highest BCUT2D eigenvalue weighted by molar-refractivity contribution is 7.46. The summed E-state index contributed by atoms with van der Waals surface area (Å²) >= 11 is 11.5. The number of hydrogen-bond donors (Lipinski definition) is 3. The normalized spacial score (nSPS) is 11.6. The van der Waals surface area contributed by atoms with Crippen molar-refractivity contribution in [2.75, 3.05) is 5.32 Å². The van der Waals surface area contributed by atoms with E-state index in [0.717, 1.165) is 12.1 Å². The number of hydrogen-bond acceptors (Lipinski definition) is 4. The van der Waals surface area contributed by atoms with Gasteiger partial charge in [-0.25, -0.2) is 18.0 Å². The molecule has 2 aromatic rings. The molecule has 0 bridgehead atoms. The molecule has 0 fully saturated rings. The summed E-state index contributed by atoms with van der Waals surface area (Å²) < 4.78 is 42.0. The number of benzene rings is 1. The molecule has 13 heteroatoms. The molecule has 130 valence electrons. The van der Waals surface area contributed by atoms with Gasteiger partial charge in [-0.1, -0.05) is 23.2 Å². The van der Waals surface area contributed by atoms with E-state index < -0.39 is 37.8 Å². The number of anilines is 1. The van der Waals surface area contributed by atoms with Crippen LogP contribution in [-0.4, -0.2) is 25.5 Å². The van der Waals surface area contributed by atoms with Crippen LogP contribution in [0.4, 0.5) is 14.5 Å². The van der Waals surface area contributed by atoms with Crippen molar-refractivity contribution >= 4 is 42.6 Å². The van der Waals surface area contributed by atoms with Crippen LogP contribution in [0.5, 0.6) is 0 Å². The molecular weight excluding hydrogens is 394 g/mol. The molecule has 1 amide bonds. The van der Waals surface area contributed by atoms with Gasteiger partial charge in [-0.3, -0.25) is 9.32 Å². The van der Waals surface area contributed by atoms with Crippen LogP contribution in [-0.2, 0) is 15.8 Å². The molecule has 0 unspecified atom stereocenters. The second-order valence-electron chi connectivity index (χ2n) is 4.28. The van der Waals surface area contributed by atoms with Crippen LogP contribution in [0.25, 0.3) is 0 Å². The van der Waals surface area contributed by atoms with E-state index in [2.05, 4.69) is 14.9 Å². The fourth-order valence-corrected chi connectivity index (χ4v) is 2.29. The number of carbonyl (C=O) groups excluding carboxylic acids is 1. The van der Waals surface area contributed by atoms with Gasteiger partial charge in [-0.05, 0) is 12.1 Å². The largest absolute Gasteiger partial charge is 0.471 e. The maximum absolute atomic E-state index is 13.6. The number of phosphoric ester groups is 1. The summed E-state index contributed by atoms with van der Waals surface area (Å²) in [6.07, 6.45) is 0. The Hall–Kier alpha value is -1.55. The molecule has 24 heavy (non-hydrogen) atoms. The van der Waals surface area contributed by atoms with Crippen molar-refractivity contribution in [2.45, 2.75) is 6.73 Å². The van der Waals surface area contributed by atoms with E-state index in [1.54, 1.807) is 0 Å². The van der Waals surface area contributed by atoms with Crippen molar-refractivity contribution in [2.24, 2.45) is 0 Å². The minimum absolute atomic E-state index is 0.337. The topological polar surface area (TPSA) is 114 Å². The third-order valence-electron chi connectivity index (χ3n) is 2.60. The molecule has 0 aliphatic carbocycles. The molecule has 2 rings (SSSR count).